The third-order valence-corrected chi connectivity index (χ3v) is 6.68. The summed E-state index contributed by atoms with van der Waals surface area (Å²) in [4.78, 5) is 23.9. The number of hydrogen-bond acceptors (Lipinski definition) is 4. The molecule has 1 fully saturated rings. The minimum Gasteiger partial charge on any atom is -0.325 e. The maximum atomic E-state index is 14.0. The van der Waals surface area contributed by atoms with Gasteiger partial charge in [0.1, 0.15) is 5.69 Å². The number of imidazole rings is 1. The highest BCUT2D eigenvalue weighted by molar-refractivity contribution is 5.94. The van der Waals surface area contributed by atoms with E-state index in [0.29, 0.717) is 29.3 Å². The Morgan fingerprint density at radius 3 is 2.70 bits per heavy atom. The SMILES string of the molecule is Cn1nc2c(c1-c1cc(F)c(F)c(F)c1)C[C@H]1CCC[C@@H]2N1C(=O)c1cnc2ncccn12. The maximum absolute atomic E-state index is 14.0. The Balaban J connectivity index is 1.45. The summed E-state index contributed by atoms with van der Waals surface area (Å²) >= 11 is 0. The molecule has 33 heavy (non-hydrogen) atoms. The van der Waals surface area contributed by atoms with E-state index in [-0.39, 0.29) is 23.6 Å². The van der Waals surface area contributed by atoms with Gasteiger partial charge in [-0.25, -0.2) is 23.1 Å². The Morgan fingerprint density at radius 2 is 1.91 bits per heavy atom. The lowest BCUT2D eigenvalue weighted by Crippen LogP contribution is -2.50. The van der Waals surface area contributed by atoms with E-state index in [4.69, 9.17) is 0 Å². The Hall–Kier alpha value is -3.69. The van der Waals surface area contributed by atoms with Gasteiger partial charge in [0.2, 0.25) is 5.78 Å². The molecule has 2 aliphatic heterocycles. The molecule has 0 radical (unpaired) electrons. The first-order valence-electron chi connectivity index (χ1n) is 10.8. The number of aryl methyl sites for hydroxylation is 1. The number of benzene rings is 1. The van der Waals surface area contributed by atoms with Crippen molar-refractivity contribution in [2.45, 2.75) is 37.8 Å². The Kier molecular flexibility index (Phi) is 4.33. The number of nitrogens with zero attached hydrogens (tertiary/aromatic N) is 6. The third-order valence-electron chi connectivity index (χ3n) is 6.68. The predicted molar refractivity (Wildman–Crippen MR) is 112 cm³/mol. The number of halogens is 3. The molecule has 0 saturated carbocycles. The van der Waals surface area contributed by atoms with Gasteiger partial charge in [-0.15, -0.1) is 0 Å². The number of carbonyl (C=O) groups is 1. The van der Waals surface area contributed by atoms with Crippen LogP contribution in [-0.2, 0) is 13.5 Å². The lowest BCUT2D eigenvalue weighted by Gasteiger charge is -2.45. The van der Waals surface area contributed by atoms with Crippen LogP contribution in [0.4, 0.5) is 13.2 Å². The Labute approximate surface area is 186 Å². The molecular formula is C23H19F3N6O. The van der Waals surface area contributed by atoms with Crippen molar-refractivity contribution in [1.82, 2.24) is 29.0 Å². The highest BCUT2D eigenvalue weighted by Crippen LogP contribution is 2.45. The van der Waals surface area contributed by atoms with Crippen molar-refractivity contribution in [3.8, 4) is 11.3 Å². The predicted octanol–water partition coefficient (Wildman–Crippen LogP) is 3.84. The minimum absolute atomic E-state index is 0.0935. The first kappa shape index (κ1) is 20.0. The van der Waals surface area contributed by atoms with Gasteiger partial charge in [-0.2, -0.15) is 5.10 Å². The fraction of sp³-hybridized carbons (Fsp3) is 0.304. The van der Waals surface area contributed by atoms with Crippen LogP contribution in [0.3, 0.4) is 0 Å². The molecule has 168 valence electrons. The highest BCUT2D eigenvalue weighted by atomic mass is 19.2. The molecule has 10 heteroatoms. The zero-order valence-electron chi connectivity index (χ0n) is 17.7. The average molecular weight is 452 g/mol. The van der Waals surface area contributed by atoms with Gasteiger partial charge in [0.15, 0.2) is 17.5 Å². The van der Waals surface area contributed by atoms with E-state index >= 15 is 0 Å². The molecule has 1 saturated heterocycles. The number of hydrogen-bond donors (Lipinski definition) is 0. The number of amides is 1. The van der Waals surface area contributed by atoms with Gasteiger partial charge < -0.3 is 4.90 Å². The van der Waals surface area contributed by atoms with E-state index in [2.05, 4.69) is 15.1 Å². The van der Waals surface area contributed by atoms with Crippen LogP contribution >= 0.6 is 0 Å². The molecule has 2 aliphatic rings. The highest BCUT2D eigenvalue weighted by Gasteiger charge is 2.44. The lowest BCUT2D eigenvalue weighted by molar-refractivity contribution is 0.0385. The molecule has 7 nitrogen and oxygen atoms in total. The molecule has 6 rings (SSSR count). The number of piperidine rings is 1. The van der Waals surface area contributed by atoms with E-state index < -0.39 is 17.5 Å². The van der Waals surface area contributed by atoms with Crippen LogP contribution in [0.1, 0.15) is 47.1 Å². The quantitative estimate of drug-likeness (QED) is 0.434. The topological polar surface area (TPSA) is 68.3 Å². The van der Waals surface area contributed by atoms with Crippen LogP contribution in [0.15, 0.2) is 36.8 Å². The molecule has 0 unspecified atom stereocenters. The summed E-state index contributed by atoms with van der Waals surface area (Å²) in [6.07, 6.45) is 7.88. The van der Waals surface area contributed by atoms with Crippen LogP contribution in [0.5, 0.6) is 0 Å². The molecule has 3 aromatic heterocycles. The summed E-state index contributed by atoms with van der Waals surface area (Å²) in [7, 11) is 1.69. The summed E-state index contributed by atoms with van der Waals surface area (Å²) in [5.41, 5.74) is 2.77. The fourth-order valence-corrected chi connectivity index (χ4v) is 5.32. The minimum atomic E-state index is -1.49. The van der Waals surface area contributed by atoms with Gasteiger partial charge in [-0.05, 0) is 43.9 Å². The van der Waals surface area contributed by atoms with Gasteiger partial charge in [-0.3, -0.25) is 13.9 Å². The monoisotopic (exact) mass is 452 g/mol. The van der Waals surface area contributed by atoms with E-state index in [1.165, 1.54) is 6.20 Å². The van der Waals surface area contributed by atoms with Crippen molar-refractivity contribution < 1.29 is 18.0 Å². The number of carbonyl (C=O) groups excluding carboxylic acids is 1. The fourth-order valence-electron chi connectivity index (χ4n) is 5.32. The third kappa shape index (κ3) is 2.89. The van der Waals surface area contributed by atoms with E-state index in [1.807, 2.05) is 4.90 Å². The van der Waals surface area contributed by atoms with Gasteiger partial charge in [0.25, 0.3) is 5.91 Å². The van der Waals surface area contributed by atoms with E-state index in [0.717, 1.165) is 37.0 Å². The standard InChI is InChI=1S/C23H19F3N6O/c1-30-21(12-8-15(24)19(26)16(25)9-12)14-10-13-4-2-5-17(20(14)29-30)32(13)22(33)18-11-28-23-27-6-3-7-31(18)23/h3,6-9,11,13,17H,2,4-5,10H2,1H3/t13-,17+/m1/s1. The van der Waals surface area contributed by atoms with Gasteiger partial charge >= 0.3 is 0 Å². The zero-order valence-corrected chi connectivity index (χ0v) is 17.7. The summed E-state index contributed by atoms with van der Waals surface area (Å²) in [5, 5.41) is 4.66. The summed E-state index contributed by atoms with van der Waals surface area (Å²) in [6.45, 7) is 0. The van der Waals surface area contributed by atoms with Crippen LogP contribution < -0.4 is 0 Å². The van der Waals surface area contributed by atoms with Crippen LogP contribution in [0.25, 0.3) is 17.0 Å². The zero-order chi connectivity index (χ0) is 22.9. The van der Waals surface area contributed by atoms with Crippen molar-refractivity contribution in [3.05, 3.63) is 71.2 Å². The van der Waals surface area contributed by atoms with Crippen molar-refractivity contribution in [2.75, 3.05) is 0 Å². The van der Waals surface area contributed by atoms with E-state index in [9.17, 15) is 18.0 Å². The molecule has 5 heterocycles. The average Bonchev–Trinajstić information content (AvgIpc) is 3.37. The van der Waals surface area contributed by atoms with E-state index in [1.54, 1.807) is 34.6 Å². The second-order valence-corrected chi connectivity index (χ2v) is 8.54. The van der Waals surface area contributed by atoms with Crippen molar-refractivity contribution in [2.24, 2.45) is 7.05 Å². The van der Waals surface area contributed by atoms with Crippen LogP contribution in [0, 0.1) is 17.5 Å². The molecule has 2 bridgehead atoms. The van der Waals surface area contributed by atoms with Gasteiger partial charge in [0.05, 0.1) is 23.6 Å². The summed E-state index contributed by atoms with van der Waals surface area (Å²) < 4.78 is 44.7. The first-order chi connectivity index (χ1) is 15.9. The molecule has 0 spiro atoms. The molecule has 1 amide bonds. The maximum Gasteiger partial charge on any atom is 0.273 e. The van der Waals surface area contributed by atoms with Crippen molar-refractivity contribution >= 4 is 11.7 Å². The summed E-state index contributed by atoms with van der Waals surface area (Å²) in [5.74, 6) is -3.68. The van der Waals surface area contributed by atoms with Gasteiger partial charge in [-0.1, -0.05) is 0 Å². The van der Waals surface area contributed by atoms with Crippen molar-refractivity contribution in [1.29, 1.82) is 0 Å². The largest absolute Gasteiger partial charge is 0.325 e. The molecule has 2 atom stereocenters. The second-order valence-electron chi connectivity index (χ2n) is 8.54. The molecule has 1 aromatic carbocycles. The normalized spacial score (nSPS) is 19.7. The number of aromatic nitrogens is 5. The second kappa shape index (κ2) is 7.16. The molecular weight excluding hydrogens is 433 g/mol. The number of rotatable bonds is 2. The smallest absolute Gasteiger partial charge is 0.273 e. The molecule has 0 N–H and O–H groups in total. The van der Waals surface area contributed by atoms with Gasteiger partial charge in [0, 0.05) is 36.6 Å². The first-order valence-corrected chi connectivity index (χ1v) is 10.8. The lowest BCUT2D eigenvalue weighted by atomic mass is 9.81. The summed E-state index contributed by atoms with van der Waals surface area (Å²) in [6, 6.07) is 3.37. The van der Waals surface area contributed by atoms with Crippen LogP contribution in [-0.4, -0.2) is 41.0 Å². The molecule has 4 aromatic rings. The Bertz CT molecular complexity index is 1400. The number of fused-ring (bicyclic) bond motifs is 5. The molecule has 0 aliphatic carbocycles. The van der Waals surface area contributed by atoms with Crippen LogP contribution in [0.2, 0.25) is 0 Å². The van der Waals surface area contributed by atoms with Crippen molar-refractivity contribution in [3.63, 3.8) is 0 Å². The Morgan fingerprint density at radius 1 is 1.12 bits per heavy atom.